The molecule has 5 heteroatoms. The second-order valence-electron chi connectivity index (χ2n) is 9.05. The van der Waals surface area contributed by atoms with E-state index >= 15 is 0 Å². The third kappa shape index (κ3) is 6.31. The van der Waals surface area contributed by atoms with Crippen LogP contribution >= 0.6 is 0 Å². The van der Waals surface area contributed by atoms with Crippen LogP contribution in [0.4, 0.5) is 0 Å². The van der Waals surface area contributed by atoms with Gasteiger partial charge in [-0.05, 0) is 49.7 Å². The largest absolute Gasteiger partial charge is 0.354 e. The predicted octanol–water partition coefficient (Wildman–Crippen LogP) is 6.10. The fraction of sp³-hybridized carbons (Fsp3) is 0.464. The fourth-order valence-corrected chi connectivity index (χ4v) is 5.19. The molecule has 4 rings (SSSR count). The van der Waals surface area contributed by atoms with Crippen LogP contribution < -0.4 is 0 Å². The Morgan fingerprint density at radius 2 is 1.88 bits per heavy atom. The maximum absolute atomic E-state index is 8.75. The van der Waals surface area contributed by atoms with E-state index < -0.39 is 0 Å². The molecule has 2 aliphatic rings. The second kappa shape index (κ2) is 12.1. The molecule has 0 spiro atoms. The Balaban J connectivity index is 1.36. The molecule has 0 aliphatic carbocycles. The molecule has 0 amide bonds. The van der Waals surface area contributed by atoms with E-state index in [-0.39, 0.29) is 24.5 Å². The van der Waals surface area contributed by atoms with Crippen molar-refractivity contribution in [2.24, 2.45) is 0 Å². The van der Waals surface area contributed by atoms with Gasteiger partial charge in [0.05, 0.1) is 25.3 Å². The van der Waals surface area contributed by atoms with E-state index in [0.29, 0.717) is 13.2 Å². The summed E-state index contributed by atoms with van der Waals surface area (Å²) in [5.41, 5.74) is 2.41. The zero-order chi connectivity index (χ0) is 22.8. The van der Waals surface area contributed by atoms with Crippen molar-refractivity contribution in [1.82, 2.24) is 5.06 Å². The molecular weight excluding hydrogens is 412 g/mol. The molecular formula is C28H34N2O3. The van der Waals surface area contributed by atoms with Crippen molar-refractivity contribution < 1.29 is 14.3 Å². The first-order valence-electron chi connectivity index (χ1n) is 12.1. The lowest BCUT2D eigenvalue weighted by Crippen LogP contribution is -2.53. The lowest BCUT2D eigenvalue weighted by molar-refractivity contribution is -0.244. The summed E-state index contributed by atoms with van der Waals surface area (Å²) in [4.78, 5) is 6.61. The Hall–Kier alpha value is -2.49. The van der Waals surface area contributed by atoms with Crippen LogP contribution in [-0.4, -0.2) is 30.0 Å². The maximum atomic E-state index is 8.75. The summed E-state index contributed by atoms with van der Waals surface area (Å²) in [5, 5.41) is 11.0. The van der Waals surface area contributed by atoms with Gasteiger partial charge in [0.1, 0.15) is 12.9 Å². The highest BCUT2D eigenvalue weighted by molar-refractivity contribution is 5.20. The lowest BCUT2D eigenvalue weighted by atomic mass is 9.78. The number of rotatable bonds is 11. The van der Waals surface area contributed by atoms with Crippen molar-refractivity contribution in [2.75, 3.05) is 13.4 Å². The van der Waals surface area contributed by atoms with Crippen LogP contribution in [0.15, 0.2) is 72.8 Å². The van der Waals surface area contributed by atoms with Crippen LogP contribution in [0, 0.1) is 11.3 Å². The van der Waals surface area contributed by atoms with Gasteiger partial charge in [0.2, 0.25) is 0 Å². The van der Waals surface area contributed by atoms with E-state index in [0.717, 1.165) is 44.1 Å². The van der Waals surface area contributed by atoms with Gasteiger partial charge >= 0.3 is 0 Å². The molecule has 0 saturated carbocycles. The lowest BCUT2D eigenvalue weighted by Gasteiger charge is -2.45. The second-order valence-corrected chi connectivity index (χ2v) is 9.05. The molecule has 174 valence electrons. The molecule has 0 N–H and O–H groups in total. The zero-order valence-electron chi connectivity index (χ0n) is 19.3. The summed E-state index contributed by atoms with van der Waals surface area (Å²) >= 11 is 0. The van der Waals surface area contributed by atoms with Crippen LogP contribution in [0.1, 0.15) is 62.2 Å². The smallest absolute Gasteiger partial charge is 0.147 e. The molecule has 2 aliphatic heterocycles. The number of hydroxylamine groups is 2. The zero-order valence-corrected chi connectivity index (χ0v) is 19.3. The van der Waals surface area contributed by atoms with Gasteiger partial charge in [-0.1, -0.05) is 66.7 Å². The molecule has 33 heavy (non-hydrogen) atoms. The molecule has 5 nitrogen and oxygen atoms in total. The molecule has 2 fully saturated rings. The molecule has 2 heterocycles. The topological polar surface area (TPSA) is 54.7 Å². The fourth-order valence-electron chi connectivity index (χ4n) is 5.19. The third-order valence-electron chi connectivity index (χ3n) is 6.75. The minimum Gasteiger partial charge on any atom is -0.354 e. The Kier molecular flexibility index (Phi) is 8.68. The number of hydrogen-bond acceptors (Lipinski definition) is 5. The summed E-state index contributed by atoms with van der Waals surface area (Å²) in [6, 6.07) is 23.0. The van der Waals surface area contributed by atoms with Crippen molar-refractivity contribution in [3.8, 4) is 6.07 Å². The van der Waals surface area contributed by atoms with E-state index in [1.807, 2.05) is 24.3 Å². The Morgan fingerprint density at radius 1 is 1.09 bits per heavy atom. The summed E-state index contributed by atoms with van der Waals surface area (Å²) in [5.74, 6) is 0. The normalized spacial score (nSPS) is 25.2. The molecule has 0 radical (unpaired) electrons. The van der Waals surface area contributed by atoms with E-state index in [2.05, 4.69) is 53.6 Å². The number of nitrogens with zero attached hydrogens (tertiary/aromatic N) is 2. The SMILES string of the molecule is N#C/C=C\CCC[C@]12CCC[C@H](COCOCc3ccccc3)N1O[C@H](c1ccccc1)C2. The minimum absolute atomic E-state index is 0.0260. The van der Waals surface area contributed by atoms with Gasteiger partial charge in [-0.2, -0.15) is 10.3 Å². The van der Waals surface area contributed by atoms with Gasteiger partial charge in [0.15, 0.2) is 0 Å². The maximum Gasteiger partial charge on any atom is 0.147 e. The Morgan fingerprint density at radius 3 is 2.67 bits per heavy atom. The Labute approximate surface area is 197 Å². The first-order chi connectivity index (χ1) is 16.3. The molecule has 0 aromatic heterocycles. The van der Waals surface area contributed by atoms with Crippen LogP contribution in [0.5, 0.6) is 0 Å². The number of fused-ring (bicyclic) bond motifs is 1. The predicted molar refractivity (Wildman–Crippen MR) is 128 cm³/mol. The highest BCUT2D eigenvalue weighted by Crippen LogP contribution is 2.49. The first-order valence-corrected chi connectivity index (χ1v) is 12.1. The van der Waals surface area contributed by atoms with Gasteiger partial charge < -0.3 is 9.47 Å². The first kappa shape index (κ1) is 23.7. The van der Waals surface area contributed by atoms with Gasteiger partial charge in [0, 0.05) is 18.0 Å². The molecule has 0 bridgehead atoms. The number of unbranched alkanes of at least 4 members (excludes halogenated alkanes) is 1. The monoisotopic (exact) mass is 446 g/mol. The summed E-state index contributed by atoms with van der Waals surface area (Å²) in [7, 11) is 0. The number of piperidine rings is 1. The number of allylic oxidation sites excluding steroid dienone is 2. The van der Waals surface area contributed by atoms with Crippen LogP contribution in [0.2, 0.25) is 0 Å². The van der Waals surface area contributed by atoms with Gasteiger partial charge in [-0.3, -0.25) is 4.84 Å². The van der Waals surface area contributed by atoms with Crippen molar-refractivity contribution in [2.45, 2.75) is 69.2 Å². The Bertz CT molecular complexity index is 912. The average molecular weight is 447 g/mol. The van der Waals surface area contributed by atoms with E-state index in [9.17, 15) is 0 Å². The van der Waals surface area contributed by atoms with Crippen molar-refractivity contribution in [3.05, 3.63) is 83.9 Å². The number of nitriles is 1. The van der Waals surface area contributed by atoms with Crippen LogP contribution in [0.25, 0.3) is 0 Å². The molecule has 0 unspecified atom stereocenters. The molecule has 3 atom stereocenters. The van der Waals surface area contributed by atoms with Gasteiger partial charge in [0.25, 0.3) is 0 Å². The average Bonchev–Trinajstić information content (AvgIpc) is 3.26. The van der Waals surface area contributed by atoms with E-state index in [4.69, 9.17) is 19.6 Å². The van der Waals surface area contributed by atoms with E-state index in [1.165, 1.54) is 12.0 Å². The van der Waals surface area contributed by atoms with Gasteiger partial charge in [-0.25, -0.2) is 0 Å². The molecule has 2 aromatic carbocycles. The van der Waals surface area contributed by atoms with E-state index in [1.54, 1.807) is 6.08 Å². The third-order valence-corrected chi connectivity index (χ3v) is 6.75. The highest BCUT2D eigenvalue weighted by Gasteiger charge is 2.51. The van der Waals surface area contributed by atoms with Crippen LogP contribution in [0.3, 0.4) is 0 Å². The standard InChI is InChI=1S/C28H34N2O3/c29-19-10-2-1-9-17-28-18-11-16-26(22-32-23-31-21-24-12-5-3-6-13-24)30(28)33-27(20-28)25-14-7-4-8-15-25/h2-8,10,12-15,26-27H,1,9,11,16-18,20-23H2/b10-2-/t26-,27+,28-/m1/s1. The number of hydrogen-bond donors (Lipinski definition) is 0. The summed E-state index contributed by atoms with van der Waals surface area (Å²) in [6.07, 6.45) is 11.0. The van der Waals surface area contributed by atoms with Crippen molar-refractivity contribution in [1.29, 1.82) is 5.26 Å². The molecule has 2 saturated heterocycles. The molecule has 2 aromatic rings. The van der Waals surface area contributed by atoms with Crippen LogP contribution in [-0.2, 0) is 20.9 Å². The summed E-state index contributed by atoms with van der Waals surface area (Å²) < 4.78 is 11.7. The van der Waals surface area contributed by atoms with Crippen molar-refractivity contribution >= 4 is 0 Å². The van der Waals surface area contributed by atoms with Crippen molar-refractivity contribution in [3.63, 3.8) is 0 Å². The highest BCUT2D eigenvalue weighted by atomic mass is 16.7. The van der Waals surface area contributed by atoms with Gasteiger partial charge in [-0.15, -0.1) is 0 Å². The number of ether oxygens (including phenoxy) is 2. The summed E-state index contributed by atoms with van der Waals surface area (Å²) in [6.45, 7) is 1.45. The number of benzene rings is 2. The minimum atomic E-state index is 0.0260. The quantitative estimate of drug-likeness (QED) is 0.237.